The molecular formula is C17H12ClFN2O3. The Balaban J connectivity index is 1.63. The molecule has 0 aromatic heterocycles. The van der Waals surface area contributed by atoms with Crippen molar-refractivity contribution in [2.45, 2.75) is 6.54 Å². The van der Waals surface area contributed by atoms with Gasteiger partial charge in [-0.1, -0.05) is 29.8 Å². The minimum absolute atomic E-state index is 0.0397. The molecule has 0 aliphatic carbocycles. The lowest BCUT2D eigenvalue weighted by atomic mass is 10.1. The van der Waals surface area contributed by atoms with Gasteiger partial charge in [0, 0.05) is 6.54 Å². The number of amides is 3. The van der Waals surface area contributed by atoms with E-state index in [4.69, 9.17) is 11.6 Å². The van der Waals surface area contributed by atoms with Crippen molar-refractivity contribution in [1.82, 2.24) is 10.2 Å². The lowest BCUT2D eigenvalue weighted by Gasteiger charge is -2.13. The van der Waals surface area contributed by atoms with Crippen LogP contribution in [-0.4, -0.2) is 29.2 Å². The fraction of sp³-hybridized carbons (Fsp3) is 0.118. The summed E-state index contributed by atoms with van der Waals surface area (Å²) in [5.74, 6) is -2.02. The fourth-order valence-electron chi connectivity index (χ4n) is 2.43. The summed E-state index contributed by atoms with van der Waals surface area (Å²) >= 11 is 5.67. The first kappa shape index (κ1) is 16.1. The number of carbonyl (C=O) groups excluding carboxylic acids is 3. The van der Waals surface area contributed by atoms with Gasteiger partial charge in [0.25, 0.3) is 11.8 Å². The normalized spacial score (nSPS) is 13.2. The SMILES string of the molecule is O=C(CN1C(=O)c2ccccc2C1=O)NCc1ccc(F)c(Cl)c1. The Kier molecular flexibility index (Phi) is 4.31. The maximum Gasteiger partial charge on any atom is 0.262 e. The molecule has 0 atom stereocenters. The Morgan fingerprint density at radius 1 is 1.08 bits per heavy atom. The van der Waals surface area contributed by atoms with Gasteiger partial charge < -0.3 is 5.32 Å². The van der Waals surface area contributed by atoms with Gasteiger partial charge in [0.1, 0.15) is 12.4 Å². The number of halogens is 2. The van der Waals surface area contributed by atoms with Crippen molar-refractivity contribution in [3.05, 3.63) is 70.0 Å². The molecule has 7 heteroatoms. The van der Waals surface area contributed by atoms with Gasteiger partial charge in [-0.15, -0.1) is 0 Å². The number of carbonyl (C=O) groups is 3. The summed E-state index contributed by atoms with van der Waals surface area (Å²) in [6, 6.07) is 10.5. The monoisotopic (exact) mass is 346 g/mol. The highest BCUT2D eigenvalue weighted by Crippen LogP contribution is 2.22. The zero-order valence-corrected chi connectivity index (χ0v) is 13.1. The third-order valence-corrected chi connectivity index (χ3v) is 3.94. The number of hydrogen-bond donors (Lipinski definition) is 1. The van der Waals surface area contributed by atoms with E-state index in [2.05, 4.69) is 5.32 Å². The average molecular weight is 347 g/mol. The molecule has 0 radical (unpaired) electrons. The van der Waals surface area contributed by atoms with Crippen LogP contribution < -0.4 is 5.32 Å². The molecule has 1 aliphatic rings. The van der Waals surface area contributed by atoms with E-state index in [0.717, 1.165) is 4.90 Å². The number of fused-ring (bicyclic) bond motifs is 1. The second-order valence-electron chi connectivity index (χ2n) is 5.27. The van der Waals surface area contributed by atoms with Gasteiger partial charge in [-0.05, 0) is 29.8 Å². The van der Waals surface area contributed by atoms with Gasteiger partial charge in [0.05, 0.1) is 16.1 Å². The van der Waals surface area contributed by atoms with Gasteiger partial charge in [-0.3, -0.25) is 19.3 Å². The molecule has 1 heterocycles. The van der Waals surface area contributed by atoms with E-state index in [0.29, 0.717) is 16.7 Å². The van der Waals surface area contributed by atoms with Crippen LogP contribution >= 0.6 is 11.6 Å². The van der Waals surface area contributed by atoms with Crippen molar-refractivity contribution in [1.29, 1.82) is 0 Å². The molecule has 0 spiro atoms. The summed E-state index contributed by atoms with van der Waals surface area (Å²) in [5, 5.41) is 2.53. The molecule has 1 N–H and O–H groups in total. The Morgan fingerprint density at radius 2 is 1.71 bits per heavy atom. The summed E-state index contributed by atoms with van der Waals surface area (Å²) in [4.78, 5) is 37.2. The number of nitrogens with one attached hydrogen (secondary N) is 1. The molecule has 3 rings (SSSR count). The summed E-state index contributed by atoms with van der Waals surface area (Å²) in [6.07, 6.45) is 0. The zero-order chi connectivity index (χ0) is 17.3. The maximum atomic E-state index is 13.1. The highest BCUT2D eigenvalue weighted by molar-refractivity contribution is 6.30. The Labute approximate surface area is 142 Å². The first-order chi connectivity index (χ1) is 11.5. The smallest absolute Gasteiger partial charge is 0.262 e. The minimum atomic E-state index is -0.544. The molecule has 0 fully saturated rings. The molecule has 0 saturated heterocycles. The third-order valence-electron chi connectivity index (χ3n) is 3.65. The van der Waals surface area contributed by atoms with E-state index in [1.807, 2.05) is 0 Å². The van der Waals surface area contributed by atoms with Gasteiger partial charge in [-0.25, -0.2) is 4.39 Å². The topological polar surface area (TPSA) is 66.5 Å². The second-order valence-corrected chi connectivity index (χ2v) is 5.67. The van der Waals surface area contributed by atoms with Crippen molar-refractivity contribution in [2.24, 2.45) is 0 Å². The van der Waals surface area contributed by atoms with E-state index in [1.165, 1.54) is 18.2 Å². The Bertz CT molecular complexity index is 818. The van der Waals surface area contributed by atoms with Crippen LogP contribution in [0.1, 0.15) is 26.3 Å². The van der Waals surface area contributed by atoms with Gasteiger partial charge in [0.2, 0.25) is 5.91 Å². The largest absolute Gasteiger partial charge is 0.350 e. The molecule has 2 aromatic rings. The summed E-state index contributed by atoms with van der Waals surface area (Å²) < 4.78 is 13.1. The molecule has 2 aromatic carbocycles. The van der Waals surface area contributed by atoms with E-state index in [1.54, 1.807) is 24.3 Å². The average Bonchev–Trinajstić information content (AvgIpc) is 2.81. The third kappa shape index (κ3) is 3.00. The number of imide groups is 1. The standard InChI is InChI=1S/C17H12ClFN2O3/c18-13-7-10(5-6-14(13)19)8-20-15(22)9-21-16(23)11-3-1-2-4-12(11)17(21)24/h1-7H,8-9H2,(H,20,22). The van der Waals surface area contributed by atoms with Crippen LogP contribution in [0.3, 0.4) is 0 Å². The molecule has 0 saturated carbocycles. The number of benzene rings is 2. The van der Waals surface area contributed by atoms with E-state index in [-0.39, 0.29) is 18.1 Å². The van der Waals surface area contributed by atoms with Gasteiger partial charge in [0.15, 0.2) is 0 Å². The van der Waals surface area contributed by atoms with Crippen molar-refractivity contribution in [3.63, 3.8) is 0 Å². The number of hydrogen-bond acceptors (Lipinski definition) is 3. The number of nitrogens with zero attached hydrogens (tertiary/aromatic N) is 1. The Morgan fingerprint density at radius 3 is 2.29 bits per heavy atom. The van der Waals surface area contributed by atoms with E-state index >= 15 is 0 Å². The Hall–Kier alpha value is -2.73. The van der Waals surface area contributed by atoms with Crippen molar-refractivity contribution >= 4 is 29.3 Å². The molecule has 0 bridgehead atoms. The highest BCUT2D eigenvalue weighted by Gasteiger charge is 2.36. The fourth-order valence-corrected chi connectivity index (χ4v) is 2.64. The lowest BCUT2D eigenvalue weighted by Crippen LogP contribution is -2.40. The maximum absolute atomic E-state index is 13.1. The second kappa shape index (κ2) is 6.41. The van der Waals surface area contributed by atoms with Crippen LogP contribution in [0.4, 0.5) is 4.39 Å². The van der Waals surface area contributed by atoms with Crippen LogP contribution in [0, 0.1) is 5.82 Å². The molecule has 24 heavy (non-hydrogen) atoms. The van der Waals surface area contributed by atoms with E-state index in [9.17, 15) is 18.8 Å². The molecule has 3 amide bonds. The predicted molar refractivity (Wildman–Crippen MR) is 85.1 cm³/mol. The number of rotatable bonds is 4. The molecule has 0 unspecified atom stereocenters. The molecule has 5 nitrogen and oxygen atoms in total. The lowest BCUT2D eigenvalue weighted by molar-refractivity contribution is -0.121. The van der Waals surface area contributed by atoms with Crippen LogP contribution in [0.2, 0.25) is 5.02 Å². The van der Waals surface area contributed by atoms with Crippen LogP contribution in [0.25, 0.3) is 0 Å². The minimum Gasteiger partial charge on any atom is -0.350 e. The zero-order valence-electron chi connectivity index (χ0n) is 12.4. The summed E-state index contributed by atoms with van der Waals surface area (Å²) in [6.45, 7) is -0.261. The first-order valence-electron chi connectivity index (χ1n) is 7.13. The predicted octanol–water partition coefficient (Wildman–Crippen LogP) is 2.39. The van der Waals surface area contributed by atoms with Crippen molar-refractivity contribution in [2.75, 3.05) is 6.54 Å². The van der Waals surface area contributed by atoms with E-state index < -0.39 is 23.5 Å². The first-order valence-corrected chi connectivity index (χ1v) is 7.51. The molecule has 1 aliphatic heterocycles. The van der Waals surface area contributed by atoms with Gasteiger partial charge in [-0.2, -0.15) is 0 Å². The van der Waals surface area contributed by atoms with Crippen molar-refractivity contribution in [3.8, 4) is 0 Å². The molecule has 122 valence electrons. The highest BCUT2D eigenvalue weighted by atomic mass is 35.5. The summed E-state index contributed by atoms with van der Waals surface area (Å²) in [5.41, 5.74) is 1.19. The van der Waals surface area contributed by atoms with Gasteiger partial charge >= 0.3 is 0 Å². The van der Waals surface area contributed by atoms with Crippen LogP contribution in [0.5, 0.6) is 0 Å². The molecular weight excluding hydrogens is 335 g/mol. The van der Waals surface area contributed by atoms with Crippen molar-refractivity contribution < 1.29 is 18.8 Å². The van der Waals surface area contributed by atoms with Crippen LogP contribution in [-0.2, 0) is 11.3 Å². The summed E-state index contributed by atoms with van der Waals surface area (Å²) in [7, 11) is 0. The van der Waals surface area contributed by atoms with Crippen LogP contribution in [0.15, 0.2) is 42.5 Å². The quantitative estimate of drug-likeness (QED) is 0.864.